The van der Waals surface area contributed by atoms with Gasteiger partial charge in [0.25, 0.3) is 0 Å². The number of nitrogens with one attached hydrogen (secondary N) is 2. The second kappa shape index (κ2) is 15.4. The summed E-state index contributed by atoms with van der Waals surface area (Å²) in [4.78, 5) is 7.24. The van der Waals surface area contributed by atoms with E-state index in [-0.39, 0.29) is 24.0 Å². The van der Waals surface area contributed by atoms with Crippen LogP contribution in [0.15, 0.2) is 4.99 Å². The largest absolute Gasteiger partial charge is 0.380 e. The average molecular weight is 440 g/mol. The molecule has 1 rings (SSSR count). The molecule has 138 valence electrons. The summed E-state index contributed by atoms with van der Waals surface area (Å²) in [6.07, 6.45) is 5.18. The molecule has 0 spiro atoms. The fourth-order valence-corrected chi connectivity index (χ4v) is 2.86. The van der Waals surface area contributed by atoms with Crippen molar-refractivity contribution in [3.8, 4) is 0 Å². The van der Waals surface area contributed by atoms with Crippen LogP contribution in [0, 0.1) is 5.92 Å². The molecule has 6 heteroatoms. The Morgan fingerprint density at radius 3 is 2.78 bits per heavy atom. The van der Waals surface area contributed by atoms with Gasteiger partial charge in [0.05, 0.1) is 6.61 Å². The molecule has 23 heavy (non-hydrogen) atoms. The van der Waals surface area contributed by atoms with Crippen LogP contribution in [0.3, 0.4) is 0 Å². The van der Waals surface area contributed by atoms with Gasteiger partial charge in [-0.1, -0.05) is 6.92 Å². The number of nitrogens with zero attached hydrogens (tertiary/aromatic N) is 2. The topological polar surface area (TPSA) is 48.9 Å². The number of rotatable bonds is 10. The second-order valence-corrected chi connectivity index (χ2v) is 6.14. The molecule has 0 aromatic rings. The summed E-state index contributed by atoms with van der Waals surface area (Å²) in [5.74, 6) is 1.79. The quantitative estimate of drug-likeness (QED) is 0.237. The summed E-state index contributed by atoms with van der Waals surface area (Å²) >= 11 is 0. The van der Waals surface area contributed by atoms with Crippen LogP contribution in [-0.4, -0.2) is 63.3 Å². The Balaban J connectivity index is 0.00000484. The van der Waals surface area contributed by atoms with E-state index in [9.17, 15) is 0 Å². The SMILES string of the molecule is CCNC(=NCCCCN1CCCC(C)C1)NCCOCC.I. The normalized spacial score (nSPS) is 19.3. The third-order valence-electron chi connectivity index (χ3n) is 3.98. The molecule has 1 unspecified atom stereocenters. The van der Waals surface area contributed by atoms with E-state index < -0.39 is 0 Å². The maximum Gasteiger partial charge on any atom is 0.191 e. The summed E-state index contributed by atoms with van der Waals surface area (Å²) in [5, 5.41) is 6.58. The van der Waals surface area contributed by atoms with Crippen molar-refractivity contribution in [2.45, 2.75) is 46.5 Å². The molecule has 0 radical (unpaired) electrons. The van der Waals surface area contributed by atoms with Crippen molar-refractivity contribution in [1.29, 1.82) is 0 Å². The van der Waals surface area contributed by atoms with Crippen LogP contribution in [0.25, 0.3) is 0 Å². The molecule has 1 fully saturated rings. The maximum absolute atomic E-state index is 5.33. The van der Waals surface area contributed by atoms with Crippen LogP contribution in [0.4, 0.5) is 0 Å². The molecule has 0 bridgehead atoms. The lowest BCUT2D eigenvalue weighted by Gasteiger charge is -2.30. The number of likely N-dealkylation sites (tertiary alicyclic amines) is 1. The Hall–Kier alpha value is -0.0800. The molecule has 0 saturated carbocycles. The highest BCUT2D eigenvalue weighted by Crippen LogP contribution is 2.15. The summed E-state index contributed by atoms with van der Waals surface area (Å²) < 4.78 is 5.33. The summed E-state index contributed by atoms with van der Waals surface area (Å²) in [5.41, 5.74) is 0. The van der Waals surface area contributed by atoms with E-state index in [1.54, 1.807) is 0 Å². The highest BCUT2D eigenvalue weighted by Gasteiger charge is 2.15. The molecule has 0 amide bonds. The Bertz CT molecular complexity index is 302. The van der Waals surface area contributed by atoms with Gasteiger partial charge in [-0.3, -0.25) is 4.99 Å². The molecule has 2 N–H and O–H groups in total. The van der Waals surface area contributed by atoms with Crippen LogP contribution < -0.4 is 10.6 Å². The first-order valence-electron chi connectivity index (χ1n) is 9.08. The van der Waals surface area contributed by atoms with E-state index in [0.717, 1.165) is 51.1 Å². The molecule has 1 saturated heterocycles. The molecule has 0 aromatic carbocycles. The van der Waals surface area contributed by atoms with Crippen molar-refractivity contribution in [3.63, 3.8) is 0 Å². The van der Waals surface area contributed by atoms with Gasteiger partial charge in [-0.15, -0.1) is 24.0 Å². The Labute approximate surface area is 160 Å². The number of unbranched alkanes of at least 4 members (excludes halogenated alkanes) is 1. The maximum atomic E-state index is 5.33. The molecule has 1 aliphatic heterocycles. The molecular formula is C17H37IN4O. The predicted molar refractivity (Wildman–Crippen MR) is 110 cm³/mol. The van der Waals surface area contributed by atoms with E-state index >= 15 is 0 Å². The van der Waals surface area contributed by atoms with E-state index in [2.05, 4.69) is 34.4 Å². The van der Waals surface area contributed by atoms with E-state index in [1.807, 2.05) is 6.92 Å². The number of aliphatic imine (C=N–C) groups is 1. The zero-order valence-corrected chi connectivity index (χ0v) is 17.6. The minimum absolute atomic E-state index is 0. The number of ether oxygens (including phenoxy) is 1. The molecule has 1 aliphatic rings. The zero-order chi connectivity index (χ0) is 16.0. The van der Waals surface area contributed by atoms with Crippen molar-refractivity contribution in [3.05, 3.63) is 0 Å². The van der Waals surface area contributed by atoms with Crippen LogP contribution in [0.1, 0.15) is 46.5 Å². The third-order valence-corrected chi connectivity index (χ3v) is 3.98. The van der Waals surface area contributed by atoms with E-state index in [4.69, 9.17) is 4.74 Å². The van der Waals surface area contributed by atoms with Gasteiger partial charge in [0, 0.05) is 32.8 Å². The van der Waals surface area contributed by atoms with E-state index in [0.29, 0.717) is 0 Å². The zero-order valence-electron chi connectivity index (χ0n) is 15.3. The first-order valence-corrected chi connectivity index (χ1v) is 9.08. The van der Waals surface area contributed by atoms with Crippen molar-refractivity contribution in [2.24, 2.45) is 10.9 Å². The molecule has 1 heterocycles. The average Bonchev–Trinajstić information content (AvgIpc) is 2.51. The Kier molecular flexibility index (Phi) is 15.4. The van der Waals surface area contributed by atoms with Crippen LogP contribution in [0.2, 0.25) is 0 Å². The Morgan fingerprint density at radius 2 is 2.09 bits per heavy atom. The molecule has 5 nitrogen and oxygen atoms in total. The van der Waals surface area contributed by atoms with Gasteiger partial charge in [-0.05, 0) is 58.5 Å². The van der Waals surface area contributed by atoms with Gasteiger partial charge in [0.1, 0.15) is 0 Å². The van der Waals surface area contributed by atoms with Gasteiger partial charge in [-0.2, -0.15) is 0 Å². The summed E-state index contributed by atoms with van der Waals surface area (Å²) in [7, 11) is 0. The molecule has 1 atom stereocenters. The smallest absolute Gasteiger partial charge is 0.191 e. The van der Waals surface area contributed by atoms with Gasteiger partial charge in [0.15, 0.2) is 5.96 Å². The van der Waals surface area contributed by atoms with Crippen LogP contribution >= 0.6 is 24.0 Å². The first kappa shape index (κ1) is 22.9. The van der Waals surface area contributed by atoms with Crippen LogP contribution in [-0.2, 0) is 4.74 Å². The number of halogens is 1. The number of hydrogen-bond acceptors (Lipinski definition) is 3. The van der Waals surface area contributed by atoms with E-state index in [1.165, 1.54) is 38.9 Å². The minimum atomic E-state index is 0. The fraction of sp³-hybridized carbons (Fsp3) is 0.941. The van der Waals surface area contributed by atoms with Crippen LogP contribution in [0.5, 0.6) is 0 Å². The summed E-state index contributed by atoms with van der Waals surface area (Å²) in [6.45, 7) is 14.4. The number of hydrogen-bond donors (Lipinski definition) is 2. The van der Waals surface area contributed by atoms with Gasteiger partial charge in [-0.25, -0.2) is 0 Å². The molecule has 0 aliphatic carbocycles. The van der Waals surface area contributed by atoms with Gasteiger partial charge >= 0.3 is 0 Å². The predicted octanol–water partition coefficient (Wildman–Crippen LogP) is 2.71. The van der Waals surface area contributed by atoms with Gasteiger partial charge < -0.3 is 20.3 Å². The molecule has 0 aromatic heterocycles. The van der Waals surface area contributed by atoms with Crippen molar-refractivity contribution < 1.29 is 4.74 Å². The number of piperidine rings is 1. The van der Waals surface area contributed by atoms with Gasteiger partial charge in [0.2, 0.25) is 0 Å². The number of guanidine groups is 1. The van der Waals surface area contributed by atoms with Crippen molar-refractivity contribution in [2.75, 3.05) is 52.5 Å². The lowest BCUT2D eigenvalue weighted by molar-refractivity contribution is 0.152. The lowest BCUT2D eigenvalue weighted by Crippen LogP contribution is -2.39. The standard InChI is InChI=1S/C17H36N4O.HI/c1-4-18-17(20-11-14-22-5-2)19-10-6-7-12-21-13-8-9-16(3)15-21;/h16H,4-15H2,1-3H3,(H2,18,19,20);1H. The van der Waals surface area contributed by atoms with Crippen molar-refractivity contribution >= 4 is 29.9 Å². The fourth-order valence-electron chi connectivity index (χ4n) is 2.86. The van der Waals surface area contributed by atoms with Crippen molar-refractivity contribution in [1.82, 2.24) is 15.5 Å². The highest BCUT2D eigenvalue weighted by molar-refractivity contribution is 14.0. The molecular weight excluding hydrogens is 403 g/mol. The lowest BCUT2D eigenvalue weighted by atomic mass is 10.0. The highest BCUT2D eigenvalue weighted by atomic mass is 127. The summed E-state index contributed by atoms with van der Waals surface area (Å²) in [6, 6.07) is 0. The minimum Gasteiger partial charge on any atom is -0.380 e. The second-order valence-electron chi connectivity index (χ2n) is 6.14. The monoisotopic (exact) mass is 440 g/mol. The Morgan fingerprint density at radius 1 is 1.26 bits per heavy atom. The third kappa shape index (κ3) is 12.0. The first-order chi connectivity index (χ1) is 10.8.